The van der Waals surface area contributed by atoms with Crippen LogP contribution in [0.3, 0.4) is 0 Å². The van der Waals surface area contributed by atoms with Gasteiger partial charge in [-0.05, 0) is 29.8 Å². The van der Waals surface area contributed by atoms with E-state index in [0.29, 0.717) is 23.6 Å². The number of carbonyl (C=O) groups excluding carboxylic acids is 1. The standard InChI is InChI=1S/C19H23NO5/c1-22-15-7-5-6-13(8-15)18(25-4)12-20-19(21)14-9-16(23-2)11-17(10-14)24-3/h5-11,18H,12H2,1-4H3,(H,20,21)/t18-/m1/s1. The van der Waals surface area contributed by atoms with Crippen molar-refractivity contribution in [3.63, 3.8) is 0 Å². The van der Waals surface area contributed by atoms with Gasteiger partial charge in [-0.15, -0.1) is 0 Å². The van der Waals surface area contributed by atoms with Crippen molar-refractivity contribution in [2.24, 2.45) is 0 Å². The van der Waals surface area contributed by atoms with Crippen LogP contribution in [0.1, 0.15) is 22.0 Å². The van der Waals surface area contributed by atoms with Gasteiger partial charge in [0.1, 0.15) is 17.2 Å². The van der Waals surface area contributed by atoms with Crippen LogP contribution in [-0.2, 0) is 4.74 Å². The summed E-state index contributed by atoms with van der Waals surface area (Å²) in [5.41, 5.74) is 1.38. The molecule has 25 heavy (non-hydrogen) atoms. The average Bonchev–Trinajstić information content (AvgIpc) is 2.67. The maximum Gasteiger partial charge on any atom is 0.251 e. The summed E-state index contributed by atoms with van der Waals surface area (Å²) in [6.07, 6.45) is -0.286. The number of methoxy groups -OCH3 is 4. The van der Waals surface area contributed by atoms with Gasteiger partial charge in [0.05, 0.1) is 27.4 Å². The molecule has 2 aromatic rings. The number of rotatable bonds is 8. The van der Waals surface area contributed by atoms with Crippen molar-refractivity contribution in [2.75, 3.05) is 35.0 Å². The Hall–Kier alpha value is -2.73. The Morgan fingerprint density at radius 2 is 1.56 bits per heavy atom. The molecule has 0 aliphatic heterocycles. The van der Waals surface area contributed by atoms with Crippen LogP contribution >= 0.6 is 0 Å². The van der Waals surface area contributed by atoms with Gasteiger partial charge < -0.3 is 24.3 Å². The predicted molar refractivity (Wildman–Crippen MR) is 94.6 cm³/mol. The number of amides is 1. The summed E-state index contributed by atoms with van der Waals surface area (Å²) < 4.78 is 21.1. The summed E-state index contributed by atoms with van der Waals surface area (Å²) in [5.74, 6) is 1.62. The van der Waals surface area contributed by atoms with E-state index < -0.39 is 0 Å². The number of hydrogen-bond donors (Lipinski definition) is 1. The second-order valence-corrected chi connectivity index (χ2v) is 5.31. The lowest BCUT2D eigenvalue weighted by atomic mass is 10.1. The number of benzene rings is 2. The lowest BCUT2D eigenvalue weighted by Crippen LogP contribution is -2.29. The van der Waals surface area contributed by atoms with Crippen LogP contribution in [-0.4, -0.2) is 40.9 Å². The highest BCUT2D eigenvalue weighted by Gasteiger charge is 2.15. The molecule has 2 rings (SSSR count). The molecule has 134 valence electrons. The topological polar surface area (TPSA) is 66.0 Å². The van der Waals surface area contributed by atoms with Crippen LogP contribution in [0.25, 0.3) is 0 Å². The Kier molecular flexibility index (Phi) is 6.65. The second kappa shape index (κ2) is 8.94. The molecule has 0 spiro atoms. The highest BCUT2D eigenvalue weighted by molar-refractivity contribution is 5.95. The molecule has 1 N–H and O–H groups in total. The highest BCUT2D eigenvalue weighted by Crippen LogP contribution is 2.23. The second-order valence-electron chi connectivity index (χ2n) is 5.31. The van der Waals surface area contributed by atoms with Crippen molar-refractivity contribution >= 4 is 5.91 Å². The van der Waals surface area contributed by atoms with E-state index >= 15 is 0 Å². The van der Waals surface area contributed by atoms with Crippen molar-refractivity contribution < 1.29 is 23.7 Å². The number of hydrogen-bond acceptors (Lipinski definition) is 5. The third kappa shape index (κ3) is 4.87. The molecule has 0 saturated heterocycles. The van der Waals surface area contributed by atoms with E-state index in [0.717, 1.165) is 11.3 Å². The van der Waals surface area contributed by atoms with Crippen molar-refractivity contribution in [3.8, 4) is 17.2 Å². The van der Waals surface area contributed by atoms with Gasteiger partial charge >= 0.3 is 0 Å². The first kappa shape index (κ1) is 18.6. The molecule has 2 aromatic carbocycles. The van der Waals surface area contributed by atoms with Crippen LogP contribution < -0.4 is 19.5 Å². The number of nitrogens with one attached hydrogen (secondary N) is 1. The largest absolute Gasteiger partial charge is 0.497 e. The first-order chi connectivity index (χ1) is 12.1. The quantitative estimate of drug-likeness (QED) is 0.797. The first-order valence-corrected chi connectivity index (χ1v) is 7.79. The normalized spacial score (nSPS) is 11.5. The van der Waals surface area contributed by atoms with E-state index in [9.17, 15) is 4.79 Å². The van der Waals surface area contributed by atoms with E-state index in [-0.39, 0.29) is 12.0 Å². The van der Waals surface area contributed by atoms with E-state index in [1.807, 2.05) is 24.3 Å². The number of carbonyl (C=O) groups is 1. The molecule has 0 aromatic heterocycles. The van der Waals surface area contributed by atoms with Gasteiger partial charge in [0.2, 0.25) is 0 Å². The highest BCUT2D eigenvalue weighted by atomic mass is 16.5. The molecule has 0 radical (unpaired) electrons. The lowest BCUT2D eigenvalue weighted by Gasteiger charge is -2.17. The molecule has 0 fully saturated rings. The Morgan fingerprint density at radius 1 is 0.920 bits per heavy atom. The SMILES string of the molecule is COc1cc(OC)cc(C(=O)NC[C@@H](OC)c2cccc(OC)c2)c1. The first-order valence-electron chi connectivity index (χ1n) is 7.79. The lowest BCUT2D eigenvalue weighted by molar-refractivity contribution is 0.0827. The smallest absolute Gasteiger partial charge is 0.251 e. The fourth-order valence-electron chi connectivity index (χ4n) is 2.41. The van der Waals surface area contributed by atoms with Gasteiger partial charge in [-0.1, -0.05) is 12.1 Å². The Labute approximate surface area is 147 Å². The maximum absolute atomic E-state index is 12.5. The summed E-state index contributed by atoms with van der Waals surface area (Å²) in [4.78, 5) is 12.5. The predicted octanol–water partition coefficient (Wildman–Crippen LogP) is 2.83. The molecule has 0 saturated carbocycles. The molecule has 1 atom stereocenters. The van der Waals surface area contributed by atoms with Gasteiger partial charge in [0.15, 0.2) is 0 Å². The summed E-state index contributed by atoms with van der Waals surface area (Å²) in [5, 5.41) is 2.87. The molecular weight excluding hydrogens is 322 g/mol. The van der Waals surface area contributed by atoms with E-state index in [4.69, 9.17) is 18.9 Å². The molecule has 6 heteroatoms. The van der Waals surface area contributed by atoms with E-state index in [2.05, 4.69) is 5.32 Å². The van der Waals surface area contributed by atoms with Crippen molar-refractivity contribution in [1.29, 1.82) is 0 Å². The zero-order chi connectivity index (χ0) is 18.2. The summed E-state index contributed by atoms with van der Waals surface area (Å²) in [6.45, 7) is 0.321. The summed E-state index contributed by atoms with van der Waals surface area (Å²) in [7, 11) is 6.30. The zero-order valence-electron chi connectivity index (χ0n) is 14.9. The van der Waals surface area contributed by atoms with Crippen LogP contribution in [0, 0.1) is 0 Å². The molecular formula is C19H23NO5. The van der Waals surface area contributed by atoms with Gasteiger partial charge in [-0.3, -0.25) is 4.79 Å². The molecule has 6 nitrogen and oxygen atoms in total. The molecule has 0 aliphatic rings. The van der Waals surface area contributed by atoms with Crippen LogP contribution in [0.2, 0.25) is 0 Å². The fourth-order valence-corrected chi connectivity index (χ4v) is 2.41. The Morgan fingerprint density at radius 3 is 2.12 bits per heavy atom. The third-order valence-corrected chi connectivity index (χ3v) is 3.81. The van der Waals surface area contributed by atoms with Crippen LogP contribution in [0.15, 0.2) is 42.5 Å². The minimum Gasteiger partial charge on any atom is -0.497 e. The van der Waals surface area contributed by atoms with Crippen LogP contribution in [0.4, 0.5) is 0 Å². The third-order valence-electron chi connectivity index (χ3n) is 3.81. The average molecular weight is 345 g/mol. The van der Waals surface area contributed by atoms with Gasteiger partial charge in [-0.25, -0.2) is 0 Å². The summed E-state index contributed by atoms with van der Waals surface area (Å²) >= 11 is 0. The van der Waals surface area contributed by atoms with E-state index in [1.165, 1.54) is 0 Å². The molecule has 0 unspecified atom stereocenters. The molecule has 1 amide bonds. The van der Waals surface area contributed by atoms with Gasteiger partial charge in [-0.2, -0.15) is 0 Å². The molecule has 0 heterocycles. The number of ether oxygens (including phenoxy) is 4. The minimum absolute atomic E-state index is 0.234. The Balaban J connectivity index is 2.09. The fraction of sp³-hybridized carbons (Fsp3) is 0.316. The maximum atomic E-state index is 12.5. The minimum atomic E-state index is -0.286. The molecule has 0 aliphatic carbocycles. The van der Waals surface area contributed by atoms with E-state index in [1.54, 1.807) is 46.6 Å². The Bertz CT molecular complexity index is 694. The summed E-state index contributed by atoms with van der Waals surface area (Å²) in [6, 6.07) is 12.6. The molecule has 0 bridgehead atoms. The zero-order valence-corrected chi connectivity index (χ0v) is 14.9. The van der Waals surface area contributed by atoms with Gasteiger partial charge in [0.25, 0.3) is 5.91 Å². The van der Waals surface area contributed by atoms with Gasteiger partial charge in [0, 0.05) is 25.3 Å². The van der Waals surface area contributed by atoms with Crippen LogP contribution in [0.5, 0.6) is 17.2 Å². The monoisotopic (exact) mass is 345 g/mol. The van der Waals surface area contributed by atoms with Crippen molar-refractivity contribution in [3.05, 3.63) is 53.6 Å². The van der Waals surface area contributed by atoms with Crippen molar-refractivity contribution in [2.45, 2.75) is 6.10 Å². The van der Waals surface area contributed by atoms with Crippen molar-refractivity contribution in [1.82, 2.24) is 5.32 Å².